The van der Waals surface area contributed by atoms with E-state index in [0.717, 1.165) is 30.5 Å². The molecule has 0 saturated heterocycles. The van der Waals surface area contributed by atoms with E-state index in [9.17, 15) is 5.11 Å². The van der Waals surface area contributed by atoms with Gasteiger partial charge in [0.2, 0.25) is 0 Å². The second-order valence-corrected chi connectivity index (χ2v) is 4.38. The van der Waals surface area contributed by atoms with Gasteiger partial charge in [-0.25, -0.2) is 0 Å². The van der Waals surface area contributed by atoms with Crippen LogP contribution in [0.15, 0.2) is 36.5 Å². The van der Waals surface area contributed by atoms with Crippen LogP contribution in [0.25, 0.3) is 5.70 Å². The second-order valence-electron chi connectivity index (χ2n) is 4.38. The number of rotatable bonds is 4. The van der Waals surface area contributed by atoms with E-state index < -0.39 is 5.60 Å². The normalized spacial score (nSPS) is 18.9. The monoisotopic (exact) mass is 218 g/mol. The predicted octanol–water partition coefficient (Wildman–Crippen LogP) is 1.45. The maximum Gasteiger partial charge on any atom is 0.0819 e. The van der Waals surface area contributed by atoms with Gasteiger partial charge in [0.05, 0.1) is 11.3 Å². The van der Waals surface area contributed by atoms with Gasteiger partial charge in [-0.15, -0.1) is 0 Å². The molecule has 0 bridgehead atoms. The number of hydrogen-bond donors (Lipinski definition) is 3. The highest BCUT2D eigenvalue weighted by Gasteiger charge is 2.34. The van der Waals surface area contributed by atoms with E-state index in [2.05, 4.69) is 5.32 Å². The average molecular weight is 218 g/mol. The lowest BCUT2D eigenvalue weighted by Crippen LogP contribution is -2.45. The molecule has 4 N–H and O–H groups in total. The largest absolute Gasteiger partial charge is 0.403 e. The summed E-state index contributed by atoms with van der Waals surface area (Å²) in [5.74, 6) is 0. The van der Waals surface area contributed by atoms with E-state index in [1.54, 1.807) is 6.20 Å². The van der Waals surface area contributed by atoms with Gasteiger partial charge < -0.3 is 16.2 Å². The zero-order valence-corrected chi connectivity index (χ0v) is 9.32. The van der Waals surface area contributed by atoms with Crippen LogP contribution in [0.5, 0.6) is 0 Å². The summed E-state index contributed by atoms with van der Waals surface area (Å²) in [6.07, 6.45) is 4.43. The standard InChI is InChI=1S/C13H18N2O/c14-9-12(11-5-2-1-3-6-11)15-10-13(16)7-4-8-13/h1-3,5-6,9,15-16H,4,7-8,10,14H2/b12-9-. The molecule has 0 radical (unpaired) electrons. The minimum absolute atomic E-state index is 0.525. The van der Waals surface area contributed by atoms with Gasteiger partial charge in [-0.1, -0.05) is 30.3 Å². The Morgan fingerprint density at radius 3 is 2.56 bits per heavy atom. The summed E-state index contributed by atoms with van der Waals surface area (Å²) < 4.78 is 0. The molecule has 0 atom stereocenters. The SMILES string of the molecule is N/C=C(\NCC1(O)CCC1)c1ccccc1. The van der Waals surface area contributed by atoms with Crippen LogP contribution in [0.1, 0.15) is 24.8 Å². The van der Waals surface area contributed by atoms with E-state index in [-0.39, 0.29) is 0 Å². The van der Waals surface area contributed by atoms with Crippen molar-refractivity contribution in [3.8, 4) is 0 Å². The fourth-order valence-electron chi connectivity index (χ4n) is 1.90. The molecule has 0 amide bonds. The van der Waals surface area contributed by atoms with Crippen molar-refractivity contribution in [1.82, 2.24) is 5.32 Å². The van der Waals surface area contributed by atoms with Crippen molar-refractivity contribution in [2.45, 2.75) is 24.9 Å². The van der Waals surface area contributed by atoms with Crippen LogP contribution in [0.3, 0.4) is 0 Å². The van der Waals surface area contributed by atoms with E-state index in [0.29, 0.717) is 6.54 Å². The quantitative estimate of drug-likeness (QED) is 0.717. The Balaban J connectivity index is 1.97. The van der Waals surface area contributed by atoms with Gasteiger partial charge in [0, 0.05) is 12.7 Å². The Bertz CT molecular complexity index is 369. The highest BCUT2D eigenvalue weighted by Crippen LogP contribution is 2.31. The smallest absolute Gasteiger partial charge is 0.0819 e. The molecular formula is C13H18N2O. The molecule has 16 heavy (non-hydrogen) atoms. The molecule has 86 valence electrons. The lowest BCUT2D eigenvalue weighted by atomic mass is 9.80. The van der Waals surface area contributed by atoms with Crippen molar-refractivity contribution in [3.63, 3.8) is 0 Å². The van der Waals surface area contributed by atoms with Crippen molar-refractivity contribution >= 4 is 5.70 Å². The molecule has 1 saturated carbocycles. The first-order valence-corrected chi connectivity index (χ1v) is 5.67. The third-order valence-corrected chi connectivity index (χ3v) is 3.14. The molecular weight excluding hydrogens is 200 g/mol. The third kappa shape index (κ3) is 2.36. The van der Waals surface area contributed by atoms with E-state index in [1.807, 2.05) is 30.3 Å². The Morgan fingerprint density at radius 1 is 1.38 bits per heavy atom. The Hall–Kier alpha value is -1.48. The first-order valence-electron chi connectivity index (χ1n) is 5.67. The second kappa shape index (κ2) is 4.58. The van der Waals surface area contributed by atoms with E-state index >= 15 is 0 Å². The molecule has 0 spiro atoms. The lowest BCUT2D eigenvalue weighted by molar-refractivity contribution is -0.0282. The Labute approximate surface area is 96.0 Å². The van der Waals surface area contributed by atoms with Crippen LogP contribution in [0.4, 0.5) is 0 Å². The summed E-state index contributed by atoms with van der Waals surface area (Å²) >= 11 is 0. The summed E-state index contributed by atoms with van der Waals surface area (Å²) in [5, 5.41) is 13.2. The van der Waals surface area contributed by atoms with Crippen molar-refractivity contribution in [2.24, 2.45) is 5.73 Å². The predicted molar refractivity (Wildman–Crippen MR) is 65.4 cm³/mol. The average Bonchev–Trinajstić information content (AvgIpc) is 2.29. The maximum atomic E-state index is 9.97. The fourth-order valence-corrected chi connectivity index (χ4v) is 1.90. The topological polar surface area (TPSA) is 58.3 Å². The molecule has 1 aromatic rings. The highest BCUT2D eigenvalue weighted by atomic mass is 16.3. The van der Waals surface area contributed by atoms with Crippen molar-refractivity contribution < 1.29 is 5.11 Å². The molecule has 0 unspecified atom stereocenters. The Kier molecular flexibility index (Phi) is 3.15. The van der Waals surface area contributed by atoms with Crippen LogP contribution in [0, 0.1) is 0 Å². The van der Waals surface area contributed by atoms with Crippen LogP contribution in [-0.2, 0) is 0 Å². The summed E-state index contributed by atoms with van der Waals surface area (Å²) in [6, 6.07) is 9.90. The summed E-state index contributed by atoms with van der Waals surface area (Å²) in [5.41, 5.74) is 6.99. The lowest BCUT2D eigenvalue weighted by Gasteiger charge is -2.37. The number of aliphatic hydroxyl groups is 1. The number of nitrogens with two attached hydrogens (primary N) is 1. The van der Waals surface area contributed by atoms with E-state index in [1.165, 1.54) is 0 Å². The number of nitrogens with one attached hydrogen (secondary N) is 1. The molecule has 1 aliphatic carbocycles. The third-order valence-electron chi connectivity index (χ3n) is 3.14. The Morgan fingerprint density at radius 2 is 2.06 bits per heavy atom. The number of hydrogen-bond acceptors (Lipinski definition) is 3. The van der Waals surface area contributed by atoms with Gasteiger partial charge in [0.15, 0.2) is 0 Å². The molecule has 1 aromatic carbocycles. The van der Waals surface area contributed by atoms with Gasteiger partial charge in [0.25, 0.3) is 0 Å². The van der Waals surface area contributed by atoms with Crippen molar-refractivity contribution in [1.29, 1.82) is 0 Å². The zero-order valence-electron chi connectivity index (χ0n) is 9.32. The van der Waals surface area contributed by atoms with Crippen molar-refractivity contribution in [3.05, 3.63) is 42.1 Å². The van der Waals surface area contributed by atoms with Gasteiger partial charge in [-0.3, -0.25) is 0 Å². The maximum absolute atomic E-state index is 9.97. The van der Waals surface area contributed by atoms with Crippen LogP contribution < -0.4 is 11.1 Å². The summed E-state index contributed by atoms with van der Waals surface area (Å²) in [4.78, 5) is 0. The van der Waals surface area contributed by atoms with Crippen molar-refractivity contribution in [2.75, 3.05) is 6.54 Å². The summed E-state index contributed by atoms with van der Waals surface area (Å²) in [6.45, 7) is 0.574. The molecule has 2 rings (SSSR count). The zero-order chi connectivity index (χ0) is 11.4. The molecule has 0 heterocycles. The molecule has 3 nitrogen and oxygen atoms in total. The van der Waals surface area contributed by atoms with Gasteiger partial charge in [-0.2, -0.15) is 0 Å². The minimum atomic E-state index is -0.525. The fraction of sp³-hybridized carbons (Fsp3) is 0.385. The molecule has 1 aliphatic rings. The number of benzene rings is 1. The van der Waals surface area contributed by atoms with E-state index in [4.69, 9.17) is 5.73 Å². The molecule has 0 aliphatic heterocycles. The molecule has 1 fully saturated rings. The first kappa shape index (κ1) is 11.0. The van der Waals surface area contributed by atoms with Crippen LogP contribution >= 0.6 is 0 Å². The van der Waals surface area contributed by atoms with Gasteiger partial charge in [0.1, 0.15) is 0 Å². The van der Waals surface area contributed by atoms with Gasteiger partial charge >= 0.3 is 0 Å². The van der Waals surface area contributed by atoms with Gasteiger partial charge in [-0.05, 0) is 24.8 Å². The van der Waals surface area contributed by atoms with Crippen LogP contribution in [-0.4, -0.2) is 17.3 Å². The highest BCUT2D eigenvalue weighted by molar-refractivity contribution is 5.63. The first-order chi connectivity index (χ1) is 7.73. The van der Waals surface area contributed by atoms with Crippen LogP contribution in [0.2, 0.25) is 0 Å². The molecule has 0 aromatic heterocycles. The molecule has 3 heteroatoms. The summed E-state index contributed by atoms with van der Waals surface area (Å²) in [7, 11) is 0. The minimum Gasteiger partial charge on any atom is -0.403 e.